The third-order valence-corrected chi connectivity index (χ3v) is 6.08. The fraction of sp³-hybridized carbons (Fsp3) is 0.889. The standard InChI is InChI=1S/C18H32O/c1-14-9-10-16-17(2,3)11-7-12-18(16,4)15(14)8-5-6-13-19/h16,19H,5-13H2,1-4H3. The molecule has 0 spiro atoms. The number of hydrogen-bond acceptors (Lipinski definition) is 1. The van der Waals surface area contributed by atoms with Crippen LogP contribution >= 0.6 is 0 Å². The van der Waals surface area contributed by atoms with Gasteiger partial charge in [-0.25, -0.2) is 0 Å². The van der Waals surface area contributed by atoms with Crippen LogP contribution < -0.4 is 0 Å². The van der Waals surface area contributed by atoms with Gasteiger partial charge >= 0.3 is 0 Å². The lowest BCUT2D eigenvalue weighted by Gasteiger charge is -2.55. The first-order valence-electron chi connectivity index (χ1n) is 8.22. The van der Waals surface area contributed by atoms with Crippen molar-refractivity contribution in [3.63, 3.8) is 0 Å². The maximum absolute atomic E-state index is 9.03. The molecule has 1 saturated carbocycles. The molecule has 0 aromatic carbocycles. The fourth-order valence-corrected chi connectivity index (χ4v) is 5.10. The summed E-state index contributed by atoms with van der Waals surface area (Å²) < 4.78 is 0. The number of aliphatic hydroxyl groups is 1. The Kier molecular flexibility index (Phi) is 4.45. The van der Waals surface area contributed by atoms with E-state index >= 15 is 0 Å². The van der Waals surface area contributed by atoms with Gasteiger partial charge in [0.25, 0.3) is 0 Å². The van der Waals surface area contributed by atoms with Crippen molar-refractivity contribution in [1.29, 1.82) is 0 Å². The summed E-state index contributed by atoms with van der Waals surface area (Å²) in [4.78, 5) is 0. The molecular weight excluding hydrogens is 232 g/mol. The van der Waals surface area contributed by atoms with Crippen molar-refractivity contribution in [2.75, 3.05) is 6.61 Å². The highest BCUT2D eigenvalue weighted by Crippen LogP contribution is 2.60. The molecule has 0 aromatic heterocycles. The third kappa shape index (κ3) is 2.77. The zero-order valence-corrected chi connectivity index (χ0v) is 13.4. The predicted molar refractivity (Wildman–Crippen MR) is 82.1 cm³/mol. The summed E-state index contributed by atoms with van der Waals surface area (Å²) in [5.41, 5.74) is 4.37. The second-order valence-corrected chi connectivity index (χ2v) is 7.79. The Balaban J connectivity index is 2.24. The molecule has 0 aromatic rings. The number of fused-ring (bicyclic) bond motifs is 1. The van der Waals surface area contributed by atoms with Gasteiger partial charge in [0.05, 0.1) is 0 Å². The average Bonchev–Trinajstić information content (AvgIpc) is 2.31. The number of hydrogen-bond donors (Lipinski definition) is 1. The SMILES string of the molecule is CC1=C(CCCCO)C2(C)CCCC(C)(C)C2CC1. The minimum atomic E-state index is 0.345. The predicted octanol–water partition coefficient (Wildman–Crippen LogP) is 5.09. The van der Waals surface area contributed by atoms with Crippen molar-refractivity contribution in [2.24, 2.45) is 16.7 Å². The van der Waals surface area contributed by atoms with Gasteiger partial charge in [0.1, 0.15) is 0 Å². The van der Waals surface area contributed by atoms with E-state index in [0.29, 0.717) is 17.4 Å². The molecule has 1 heteroatoms. The molecule has 2 rings (SSSR count). The molecule has 110 valence electrons. The number of unbranched alkanes of at least 4 members (excludes halogenated alkanes) is 1. The summed E-state index contributed by atoms with van der Waals surface area (Å²) in [5, 5.41) is 9.03. The Hall–Kier alpha value is -0.300. The highest BCUT2D eigenvalue weighted by Gasteiger charge is 2.49. The molecule has 0 bridgehead atoms. The molecule has 0 heterocycles. The van der Waals surface area contributed by atoms with Crippen LogP contribution in [0.25, 0.3) is 0 Å². The largest absolute Gasteiger partial charge is 0.396 e. The van der Waals surface area contributed by atoms with E-state index in [4.69, 9.17) is 5.11 Å². The normalized spacial score (nSPS) is 34.3. The Morgan fingerprint density at radius 3 is 2.58 bits per heavy atom. The first-order valence-corrected chi connectivity index (χ1v) is 8.22. The highest BCUT2D eigenvalue weighted by atomic mass is 16.2. The molecule has 1 N–H and O–H groups in total. The Morgan fingerprint density at radius 1 is 1.16 bits per heavy atom. The van der Waals surface area contributed by atoms with Gasteiger partial charge in [-0.3, -0.25) is 0 Å². The van der Waals surface area contributed by atoms with Crippen molar-refractivity contribution < 1.29 is 5.11 Å². The summed E-state index contributed by atoms with van der Waals surface area (Å²) in [7, 11) is 0. The van der Waals surface area contributed by atoms with Crippen molar-refractivity contribution >= 4 is 0 Å². The number of allylic oxidation sites excluding steroid dienone is 2. The monoisotopic (exact) mass is 264 g/mol. The second kappa shape index (κ2) is 5.60. The van der Waals surface area contributed by atoms with Crippen molar-refractivity contribution in [2.45, 2.75) is 79.1 Å². The van der Waals surface area contributed by atoms with E-state index in [1.54, 1.807) is 11.1 Å². The van der Waals surface area contributed by atoms with Gasteiger partial charge in [-0.2, -0.15) is 0 Å². The minimum absolute atomic E-state index is 0.345. The lowest BCUT2D eigenvalue weighted by atomic mass is 9.50. The average molecular weight is 264 g/mol. The van der Waals surface area contributed by atoms with Gasteiger partial charge in [0, 0.05) is 6.61 Å². The zero-order chi connectivity index (χ0) is 14.1. The van der Waals surface area contributed by atoms with Crippen LogP contribution in [0.5, 0.6) is 0 Å². The van der Waals surface area contributed by atoms with E-state index in [1.165, 1.54) is 38.5 Å². The van der Waals surface area contributed by atoms with Gasteiger partial charge in [-0.15, -0.1) is 0 Å². The first-order chi connectivity index (χ1) is 8.92. The molecule has 2 aliphatic rings. The van der Waals surface area contributed by atoms with Gasteiger partial charge in [-0.05, 0) is 68.6 Å². The molecule has 2 unspecified atom stereocenters. The van der Waals surface area contributed by atoms with Crippen molar-refractivity contribution in [3.05, 3.63) is 11.1 Å². The van der Waals surface area contributed by atoms with Crippen LogP contribution in [0.4, 0.5) is 0 Å². The maximum Gasteiger partial charge on any atom is 0.0431 e. The van der Waals surface area contributed by atoms with Gasteiger partial charge in [-0.1, -0.05) is 38.3 Å². The molecule has 2 atom stereocenters. The summed E-state index contributed by atoms with van der Waals surface area (Å²) in [5.74, 6) is 0.863. The maximum atomic E-state index is 9.03. The molecule has 19 heavy (non-hydrogen) atoms. The lowest BCUT2D eigenvalue weighted by Crippen LogP contribution is -2.45. The van der Waals surface area contributed by atoms with Crippen LogP contribution in [0, 0.1) is 16.7 Å². The molecule has 1 nitrogen and oxygen atoms in total. The minimum Gasteiger partial charge on any atom is -0.396 e. The molecule has 0 amide bonds. The Bertz CT molecular complexity index is 353. The molecule has 2 aliphatic carbocycles. The Labute approximate surface area is 119 Å². The van der Waals surface area contributed by atoms with Crippen LogP contribution in [0.15, 0.2) is 11.1 Å². The molecule has 0 radical (unpaired) electrons. The second-order valence-electron chi connectivity index (χ2n) is 7.79. The van der Waals surface area contributed by atoms with Crippen molar-refractivity contribution in [1.82, 2.24) is 0 Å². The third-order valence-electron chi connectivity index (χ3n) is 6.08. The van der Waals surface area contributed by atoms with Gasteiger partial charge in [0.2, 0.25) is 0 Å². The summed E-state index contributed by atoms with van der Waals surface area (Å²) in [6, 6.07) is 0. The number of aliphatic hydroxyl groups excluding tert-OH is 1. The lowest BCUT2D eigenvalue weighted by molar-refractivity contribution is 0.0101. The highest BCUT2D eigenvalue weighted by molar-refractivity contribution is 5.27. The molecule has 1 fully saturated rings. The molecule has 0 aliphatic heterocycles. The van der Waals surface area contributed by atoms with E-state index in [0.717, 1.165) is 18.8 Å². The van der Waals surface area contributed by atoms with E-state index in [2.05, 4.69) is 27.7 Å². The quantitative estimate of drug-likeness (QED) is 0.554. The smallest absolute Gasteiger partial charge is 0.0431 e. The van der Waals surface area contributed by atoms with E-state index in [1.807, 2.05) is 0 Å². The first kappa shape index (κ1) is 15.1. The van der Waals surface area contributed by atoms with Crippen LogP contribution in [0.2, 0.25) is 0 Å². The Morgan fingerprint density at radius 2 is 1.89 bits per heavy atom. The summed E-state index contributed by atoms with van der Waals surface area (Å²) in [6.45, 7) is 10.2. The summed E-state index contributed by atoms with van der Waals surface area (Å²) in [6.07, 6.45) is 10.2. The van der Waals surface area contributed by atoms with E-state index in [9.17, 15) is 0 Å². The van der Waals surface area contributed by atoms with E-state index < -0.39 is 0 Å². The molecule has 0 saturated heterocycles. The molecular formula is C18H32O. The fourth-order valence-electron chi connectivity index (χ4n) is 5.10. The van der Waals surface area contributed by atoms with Crippen molar-refractivity contribution in [3.8, 4) is 0 Å². The van der Waals surface area contributed by atoms with E-state index in [-0.39, 0.29) is 0 Å². The van der Waals surface area contributed by atoms with Crippen LogP contribution in [0.1, 0.15) is 79.1 Å². The van der Waals surface area contributed by atoms with Crippen LogP contribution in [-0.2, 0) is 0 Å². The van der Waals surface area contributed by atoms with Crippen LogP contribution in [0.3, 0.4) is 0 Å². The topological polar surface area (TPSA) is 20.2 Å². The van der Waals surface area contributed by atoms with Gasteiger partial charge in [0.15, 0.2) is 0 Å². The number of rotatable bonds is 4. The van der Waals surface area contributed by atoms with Crippen LogP contribution in [-0.4, -0.2) is 11.7 Å². The van der Waals surface area contributed by atoms with Gasteiger partial charge < -0.3 is 5.11 Å². The zero-order valence-electron chi connectivity index (χ0n) is 13.4. The summed E-state index contributed by atoms with van der Waals surface area (Å²) >= 11 is 0.